The van der Waals surface area contributed by atoms with Crippen LogP contribution in [0, 0.1) is 0 Å². The van der Waals surface area contributed by atoms with Crippen molar-refractivity contribution in [3.8, 4) is 0 Å². The topological polar surface area (TPSA) is 29.5 Å². The van der Waals surface area contributed by atoms with E-state index in [2.05, 4.69) is 57.2 Å². The molecule has 1 aliphatic rings. The van der Waals surface area contributed by atoms with Crippen molar-refractivity contribution < 1.29 is 9.53 Å². The van der Waals surface area contributed by atoms with Gasteiger partial charge in [-0.1, -0.05) is 75.4 Å². The van der Waals surface area contributed by atoms with Crippen LogP contribution in [0.15, 0.2) is 54.6 Å². The summed E-state index contributed by atoms with van der Waals surface area (Å²) in [5.74, 6) is 0.0926. The molecule has 1 amide bonds. The number of nitrogens with zero attached hydrogens (tertiary/aromatic N) is 1. The van der Waals surface area contributed by atoms with E-state index in [1.165, 1.54) is 5.56 Å². The maximum Gasteiger partial charge on any atom is 0.252 e. The van der Waals surface area contributed by atoms with Gasteiger partial charge in [0.25, 0.3) is 5.91 Å². The molecule has 0 radical (unpaired) electrons. The molecule has 0 aliphatic carbocycles. The van der Waals surface area contributed by atoms with Crippen molar-refractivity contribution in [3.63, 3.8) is 0 Å². The van der Waals surface area contributed by atoms with Crippen LogP contribution in [0.1, 0.15) is 37.5 Å². The van der Waals surface area contributed by atoms with Gasteiger partial charge in [-0.3, -0.25) is 4.79 Å². The van der Waals surface area contributed by atoms with E-state index >= 15 is 0 Å². The third-order valence-corrected chi connectivity index (χ3v) is 4.72. The third kappa shape index (κ3) is 4.49. The summed E-state index contributed by atoms with van der Waals surface area (Å²) in [5, 5.41) is 0. The van der Waals surface area contributed by atoms with E-state index < -0.39 is 0 Å². The van der Waals surface area contributed by atoms with Gasteiger partial charge in [-0.2, -0.15) is 0 Å². The van der Waals surface area contributed by atoms with Gasteiger partial charge in [-0.25, -0.2) is 0 Å². The molecule has 3 heteroatoms. The maximum atomic E-state index is 12.8. The standard InChI is InChI=1S/C22H27NO2/c1-22(2,3)19-11-9-17(10-12-19)15-20-21(24)23(13-14-25-20)16-18-7-5-4-6-8-18/h4-12,20H,13-16H2,1-3H3. The highest BCUT2D eigenvalue weighted by Crippen LogP contribution is 2.23. The second-order valence-corrected chi connectivity index (χ2v) is 7.76. The molecule has 1 atom stereocenters. The summed E-state index contributed by atoms with van der Waals surface area (Å²) in [4.78, 5) is 14.7. The van der Waals surface area contributed by atoms with E-state index in [0.717, 1.165) is 11.1 Å². The van der Waals surface area contributed by atoms with E-state index in [0.29, 0.717) is 26.1 Å². The highest BCUT2D eigenvalue weighted by Gasteiger charge is 2.29. The summed E-state index contributed by atoms with van der Waals surface area (Å²) >= 11 is 0. The number of hydrogen-bond acceptors (Lipinski definition) is 2. The Balaban J connectivity index is 1.65. The maximum absolute atomic E-state index is 12.8. The summed E-state index contributed by atoms with van der Waals surface area (Å²) in [6.07, 6.45) is 0.257. The summed E-state index contributed by atoms with van der Waals surface area (Å²) in [6, 6.07) is 18.7. The van der Waals surface area contributed by atoms with Crippen LogP contribution in [0.4, 0.5) is 0 Å². The molecule has 3 nitrogen and oxygen atoms in total. The molecule has 2 aromatic rings. The van der Waals surface area contributed by atoms with Crippen molar-refractivity contribution in [1.29, 1.82) is 0 Å². The van der Waals surface area contributed by atoms with Crippen LogP contribution in [-0.4, -0.2) is 30.1 Å². The summed E-state index contributed by atoms with van der Waals surface area (Å²) in [5.41, 5.74) is 3.75. The average Bonchev–Trinajstić information content (AvgIpc) is 2.59. The molecule has 25 heavy (non-hydrogen) atoms. The first kappa shape index (κ1) is 17.7. The number of benzene rings is 2. The number of carbonyl (C=O) groups excluding carboxylic acids is 1. The summed E-state index contributed by atoms with van der Waals surface area (Å²) in [6.45, 7) is 8.53. The van der Waals surface area contributed by atoms with Crippen LogP contribution >= 0.6 is 0 Å². The van der Waals surface area contributed by atoms with Crippen molar-refractivity contribution in [2.75, 3.05) is 13.2 Å². The zero-order valence-electron chi connectivity index (χ0n) is 15.4. The predicted molar refractivity (Wildman–Crippen MR) is 100 cm³/mol. The fourth-order valence-electron chi connectivity index (χ4n) is 3.15. The van der Waals surface area contributed by atoms with Gasteiger partial charge in [0.05, 0.1) is 6.61 Å². The molecule has 0 aromatic heterocycles. The number of hydrogen-bond donors (Lipinski definition) is 0. The molecule has 1 fully saturated rings. The smallest absolute Gasteiger partial charge is 0.252 e. The Morgan fingerprint density at radius 1 is 1.00 bits per heavy atom. The van der Waals surface area contributed by atoms with Crippen LogP contribution in [-0.2, 0) is 27.9 Å². The number of amides is 1. The van der Waals surface area contributed by atoms with Gasteiger partial charge < -0.3 is 9.64 Å². The molecule has 132 valence electrons. The first-order valence-electron chi connectivity index (χ1n) is 8.97. The minimum atomic E-state index is -0.377. The van der Waals surface area contributed by atoms with Gasteiger partial charge in [-0.05, 0) is 22.1 Å². The number of morpholine rings is 1. The van der Waals surface area contributed by atoms with Gasteiger partial charge in [0.2, 0.25) is 0 Å². The highest BCUT2D eigenvalue weighted by molar-refractivity contribution is 5.81. The van der Waals surface area contributed by atoms with Gasteiger partial charge in [0.15, 0.2) is 0 Å². The van der Waals surface area contributed by atoms with E-state index in [9.17, 15) is 4.79 Å². The minimum absolute atomic E-state index is 0.0926. The Hall–Kier alpha value is -2.13. The fraction of sp³-hybridized carbons (Fsp3) is 0.409. The highest BCUT2D eigenvalue weighted by atomic mass is 16.5. The lowest BCUT2D eigenvalue weighted by Crippen LogP contribution is -2.48. The van der Waals surface area contributed by atoms with E-state index in [1.54, 1.807) is 0 Å². The van der Waals surface area contributed by atoms with E-state index in [1.807, 2.05) is 23.1 Å². The number of ether oxygens (including phenoxy) is 1. The average molecular weight is 337 g/mol. The second kappa shape index (κ2) is 7.40. The van der Waals surface area contributed by atoms with Crippen LogP contribution in [0.3, 0.4) is 0 Å². The van der Waals surface area contributed by atoms with Crippen LogP contribution in [0.2, 0.25) is 0 Å². The van der Waals surface area contributed by atoms with Gasteiger partial charge >= 0.3 is 0 Å². The Bertz CT molecular complexity index is 701. The van der Waals surface area contributed by atoms with Crippen molar-refractivity contribution >= 4 is 5.91 Å². The molecular formula is C22H27NO2. The van der Waals surface area contributed by atoms with Gasteiger partial charge in [-0.15, -0.1) is 0 Å². The van der Waals surface area contributed by atoms with Crippen molar-refractivity contribution in [2.45, 2.75) is 45.3 Å². The molecule has 1 heterocycles. The molecule has 0 bridgehead atoms. The normalized spacial score (nSPS) is 18.4. The lowest BCUT2D eigenvalue weighted by Gasteiger charge is -2.32. The lowest BCUT2D eigenvalue weighted by molar-refractivity contribution is -0.153. The van der Waals surface area contributed by atoms with Crippen molar-refractivity contribution in [2.24, 2.45) is 0 Å². The summed E-state index contributed by atoms with van der Waals surface area (Å²) in [7, 11) is 0. The first-order valence-corrected chi connectivity index (χ1v) is 8.97. The van der Waals surface area contributed by atoms with Crippen LogP contribution in [0.25, 0.3) is 0 Å². The molecule has 1 aliphatic heterocycles. The van der Waals surface area contributed by atoms with Crippen molar-refractivity contribution in [3.05, 3.63) is 71.3 Å². The van der Waals surface area contributed by atoms with E-state index in [4.69, 9.17) is 4.74 Å². The quantitative estimate of drug-likeness (QED) is 0.845. The molecule has 0 saturated carbocycles. The molecular weight excluding hydrogens is 310 g/mol. The molecule has 1 saturated heterocycles. The zero-order valence-corrected chi connectivity index (χ0v) is 15.4. The zero-order chi connectivity index (χ0) is 17.9. The Morgan fingerprint density at radius 3 is 2.32 bits per heavy atom. The van der Waals surface area contributed by atoms with Gasteiger partial charge in [0.1, 0.15) is 6.10 Å². The monoisotopic (exact) mass is 337 g/mol. The predicted octanol–water partition coefficient (Wildman–Crippen LogP) is 3.95. The van der Waals surface area contributed by atoms with E-state index in [-0.39, 0.29) is 17.4 Å². The number of rotatable bonds is 4. The molecule has 0 spiro atoms. The first-order chi connectivity index (χ1) is 11.9. The molecule has 2 aromatic carbocycles. The minimum Gasteiger partial charge on any atom is -0.366 e. The lowest BCUT2D eigenvalue weighted by atomic mass is 9.86. The Labute approximate surface area is 150 Å². The van der Waals surface area contributed by atoms with Crippen molar-refractivity contribution in [1.82, 2.24) is 4.90 Å². The largest absolute Gasteiger partial charge is 0.366 e. The Morgan fingerprint density at radius 2 is 1.68 bits per heavy atom. The van der Waals surface area contributed by atoms with Gasteiger partial charge in [0, 0.05) is 19.5 Å². The Kier molecular flexibility index (Phi) is 5.24. The van der Waals surface area contributed by atoms with Crippen LogP contribution in [0.5, 0.6) is 0 Å². The second-order valence-electron chi connectivity index (χ2n) is 7.76. The summed E-state index contributed by atoms with van der Waals surface area (Å²) < 4.78 is 5.77. The SMILES string of the molecule is CC(C)(C)c1ccc(CC2OCCN(Cc3ccccc3)C2=O)cc1. The number of carbonyl (C=O) groups is 1. The molecule has 1 unspecified atom stereocenters. The molecule has 0 N–H and O–H groups in total. The fourth-order valence-corrected chi connectivity index (χ4v) is 3.15. The van der Waals surface area contributed by atoms with Crippen LogP contribution < -0.4 is 0 Å². The molecule has 3 rings (SSSR count). The third-order valence-electron chi connectivity index (χ3n) is 4.72.